The lowest BCUT2D eigenvalue weighted by Crippen LogP contribution is -2.39. The van der Waals surface area contributed by atoms with Gasteiger partial charge in [0.2, 0.25) is 5.95 Å². The molecular weight excluding hydrogens is 393 g/mol. The van der Waals surface area contributed by atoms with Crippen molar-refractivity contribution < 1.29 is 4.39 Å². The number of hydrogen-bond donors (Lipinski definition) is 1. The topological polar surface area (TPSA) is 63.1 Å². The third kappa shape index (κ3) is 4.56. The zero-order chi connectivity index (χ0) is 20.4. The first-order valence-electron chi connectivity index (χ1n) is 9.37. The number of nitrogens with zero attached hydrogens (tertiary/aromatic N) is 4. The standard InChI is InChI=1S/C21H21ClFN5O/c1-21(10-11-27(13-21)18-8-6-17(23)7-9-18)26-19-24-14-28(20(29)25-19)12-15-2-4-16(22)5-3-15/h2-9,14H,10-13H2,1H3,(H,25,26,29). The van der Waals surface area contributed by atoms with E-state index >= 15 is 0 Å². The van der Waals surface area contributed by atoms with Gasteiger partial charge in [-0.1, -0.05) is 23.7 Å². The Bertz CT molecular complexity index is 1050. The van der Waals surface area contributed by atoms with Crippen LogP contribution in [0.15, 0.2) is 59.7 Å². The van der Waals surface area contributed by atoms with Crippen LogP contribution in [0.1, 0.15) is 18.9 Å². The van der Waals surface area contributed by atoms with Crippen LogP contribution in [0.25, 0.3) is 0 Å². The number of anilines is 2. The van der Waals surface area contributed by atoms with Crippen LogP contribution in [0.2, 0.25) is 5.02 Å². The van der Waals surface area contributed by atoms with Crippen LogP contribution in [-0.2, 0) is 6.54 Å². The predicted molar refractivity (Wildman–Crippen MR) is 112 cm³/mol. The maximum Gasteiger partial charge on any atom is 0.352 e. The molecule has 4 rings (SSSR count). The quantitative estimate of drug-likeness (QED) is 0.693. The highest BCUT2D eigenvalue weighted by molar-refractivity contribution is 6.30. The second-order valence-electron chi connectivity index (χ2n) is 7.55. The maximum absolute atomic E-state index is 13.2. The van der Waals surface area contributed by atoms with Crippen molar-refractivity contribution in [2.75, 3.05) is 23.3 Å². The van der Waals surface area contributed by atoms with Crippen molar-refractivity contribution in [3.63, 3.8) is 0 Å². The van der Waals surface area contributed by atoms with E-state index in [4.69, 9.17) is 11.6 Å². The average Bonchev–Trinajstić information content (AvgIpc) is 3.08. The summed E-state index contributed by atoms with van der Waals surface area (Å²) in [6, 6.07) is 13.8. The first kappa shape index (κ1) is 19.4. The Morgan fingerprint density at radius 3 is 2.59 bits per heavy atom. The molecule has 1 atom stereocenters. The van der Waals surface area contributed by atoms with Gasteiger partial charge >= 0.3 is 5.69 Å². The number of rotatable bonds is 5. The first-order chi connectivity index (χ1) is 13.9. The van der Waals surface area contributed by atoms with Gasteiger partial charge in [-0.25, -0.2) is 14.2 Å². The van der Waals surface area contributed by atoms with E-state index in [1.54, 1.807) is 24.3 Å². The SMILES string of the molecule is CC1(Nc2ncn(Cc3ccc(Cl)cc3)c(=O)n2)CCN(c2ccc(F)cc2)C1. The summed E-state index contributed by atoms with van der Waals surface area (Å²) >= 11 is 5.90. The van der Waals surface area contributed by atoms with E-state index in [0.29, 0.717) is 24.1 Å². The maximum atomic E-state index is 13.2. The minimum absolute atomic E-state index is 0.249. The van der Waals surface area contributed by atoms with Crippen molar-refractivity contribution in [2.45, 2.75) is 25.4 Å². The van der Waals surface area contributed by atoms with Crippen LogP contribution in [0.5, 0.6) is 0 Å². The molecule has 3 aromatic rings. The summed E-state index contributed by atoms with van der Waals surface area (Å²) in [4.78, 5) is 23.0. The first-order valence-corrected chi connectivity index (χ1v) is 9.75. The molecule has 0 amide bonds. The predicted octanol–water partition coefficient (Wildman–Crippen LogP) is 3.56. The van der Waals surface area contributed by atoms with E-state index in [1.165, 1.54) is 23.0 Å². The fraction of sp³-hybridized carbons (Fsp3) is 0.286. The van der Waals surface area contributed by atoms with Crippen LogP contribution in [0, 0.1) is 5.82 Å². The highest BCUT2D eigenvalue weighted by Gasteiger charge is 2.34. The molecule has 0 radical (unpaired) electrons. The number of nitrogens with one attached hydrogen (secondary N) is 1. The van der Waals surface area contributed by atoms with Crippen molar-refractivity contribution >= 4 is 23.2 Å². The molecule has 1 unspecified atom stereocenters. The smallest absolute Gasteiger partial charge is 0.352 e. The number of benzene rings is 2. The van der Waals surface area contributed by atoms with Gasteiger partial charge in [0, 0.05) is 23.8 Å². The normalized spacial score (nSPS) is 18.8. The van der Waals surface area contributed by atoms with Crippen LogP contribution in [0.3, 0.4) is 0 Å². The molecular formula is C21H21ClFN5O. The van der Waals surface area contributed by atoms with Gasteiger partial charge in [0.25, 0.3) is 0 Å². The fourth-order valence-electron chi connectivity index (χ4n) is 3.52. The van der Waals surface area contributed by atoms with Gasteiger partial charge in [0.1, 0.15) is 12.1 Å². The Labute approximate surface area is 173 Å². The number of halogens is 2. The second kappa shape index (κ2) is 7.83. The summed E-state index contributed by atoms with van der Waals surface area (Å²) in [5, 5.41) is 3.95. The van der Waals surface area contributed by atoms with Crippen LogP contribution in [0.4, 0.5) is 16.0 Å². The van der Waals surface area contributed by atoms with Gasteiger partial charge in [0.05, 0.1) is 12.1 Å². The molecule has 1 N–H and O–H groups in total. The number of hydrogen-bond acceptors (Lipinski definition) is 5. The number of aromatic nitrogens is 3. The van der Waals surface area contributed by atoms with E-state index < -0.39 is 0 Å². The lowest BCUT2D eigenvalue weighted by Gasteiger charge is -2.26. The molecule has 0 aliphatic carbocycles. The second-order valence-corrected chi connectivity index (χ2v) is 7.99. The van der Waals surface area contributed by atoms with Gasteiger partial charge < -0.3 is 10.2 Å². The van der Waals surface area contributed by atoms with Crippen molar-refractivity contribution in [1.82, 2.24) is 14.5 Å². The zero-order valence-corrected chi connectivity index (χ0v) is 16.7. The summed E-state index contributed by atoms with van der Waals surface area (Å²) < 4.78 is 14.6. The van der Waals surface area contributed by atoms with Crippen LogP contribution >= 0.6 is 11.6 Å². The van der Waals surface area contributed by atoms with Gasteiger partial charge in [-0.3, -0.25) is 4.57 Å². The van der Waals surface area contributed by atoms with Crippen molar-refractivity contribution in [3.05, 3.63) is 81.7 Å². The molecule has 8 heteroatoms. The van der Waals surface area contributed by atoms with E-state index in [0.717, 1.165) is 24.2 Å². The van der Waals surface area contributed by atoms with Crippen molar-refractivity contribution in [2.24, 2.45) is 0 Å². The molecule has 0 spiro atoms. The Kier molecular flexibility index (Phi) is 5.24. The van der Waals surface area contributed by atoms with Crippen molar-refractivity contribution in [3.8, 4) is 0 Å². The zero-order valence-electron chi connectivity index (χ0n) is 16.0. The minimum Gasteiger partial charge on any atom is -0.369 e. The third-order valence-electron chi connectivity index (χ3n) is 5.11. The van der Waals surface area contributed by atoms with Crippen LogP contribution in [-0.4, -0.2) is 33.2 Å². The molecule has 1 fully saturated rings. The molecule has 0 saturated carbocycles. The average molecular weight is 414 g/mol. The highest BCUT2D eigenvalue weighted by atomic mass is 35.5. The van der Waals surface area contributed by atoms with Gasteiger partial charge in [-0.05, 0) is 55.3 Å². The Balaban J connectivity index is 1.44. The molecule has 1 aliphatic heterocycles. The largest absolute Gasteiger partial charge is 0.369 e. The molecule has 150 valence electrons. The summed E-state index contributed by atoms with van der Waals surface area (Å²) in [5.74, 6) is 0.0622. The minimum atomic E-state index is -0.366. The lowest BCUT2D eigenvalue weighted by molar-refractivity contribution is 0.563. The lowest BCUT2D eigenvalue weighted by atomic mass is 10.0. The molecule has 0 bridgehead atoms. The molecule has 2 aromatic carbocycles. The summed E-state index contributed by atoms with van der Waals surface area (Å²) in [5.41, 5.74) is 1.26. The van der Waals surface area contributed by atoms with Gasteiger partial charge in [0.15, 0.2) is 0 Å². The Morgan fingerprint density at radius 2 is 1.90 bits per heavy atom. The van der Waals surface area contributed by atoms with Crippen LogP contribution < -0.4 is 15.9 Å². The Morgan fingerprint density at radius 1 is 1.17 bits per heavy atom. The molecule has 2 heterocycles. The summed E-state index contributed by atoms with van der Waals surface area (Å²) in [6.07, 6.45) is 2.35. The third-order valence-corrected chi connectivity index (χ3v) is 5.36. The van der Waals surface area contributed by atoms with Gasteiger partial charge in [-0.15, -0.1) is 0 Å². The molecule has 1 aliphatic rings. The van der Waals surface area contributed by atoms with Crippen molar-refractivity contribution in [1.29, 1.82) is 0 Å². The Hall–Kier alpha value is -2.93. The summed E-state index contributed by atoms with van der Waals surface area (Å²) in [6.45, 7) is 3.98. The van der Waals surface area contributed by atoms with E-state index in [1.807, 2.05) is 12.1 Å². The van der Waals surface area contributed by atoms with E-state index in [-0.39, 0.29) is 17.0 Å². The van der Waals surface area contributed by atoms with Gasteiger partial charge in [-0.2, -0.15) is 4.98 Å². The molecule has 29 heavy (non-hydrogen) atoms. The fourth-order valence-corrected chi connectivity index (χ4v) is 3.64. The molecule has 6 nitrogen and oxygen atoms in total. The highest BCUT2D eigenvalue weighted by Crippen LogP contribution is 2.28. The molecule has 1 aromatic heterocycles. The van der Waals surface area contributed by atoms with E-state index in [2.05, 4.69) is 27.1 Å². The monoisotopic (exact) mass is 413 g/mol. The molecule has 1 saturated heterocycles. The van der Waals surface area contributed by atoms with E-state index in [9.17, 15) is 9.18 Å². The summed E-state index contributed by atoms with van der Waals surface area (Å²) in [7, 11) is 0.